The minimum atomic E-state index is -0.755. The Morgan fingerprint density at radius 1 is 0.602 bits per heavy atom. The van der Waals surface area contributed by atoms with Crippen molar-refractivity contribution < 1.29 is 66.5 Å². The zero-order valence-electron chi connectivity index (χ0n) is 56.1. The van der Waals surface area contributed by atoms with Crippen molar-refractivity contribution in [3.05, 3.63) is 158 Å². The molecule has 2 aliphatic heterocycles. The highest BCUT2D eigenvalue weighted by molar-refractivity contribution is 7.59. The van der Waals surface area contributed by atoms with E-state index in [4.69, 9.17) is 42.9 Å². The van der Waals surface area contributed by atoms with Crippen molar-refractivity contribution in [2.45, 2.75) is 116 Å². The van der Waals surface area contributed by atoms with Gasteiger partial charge < -0.3 is 48.7 Å². The van der Waals surface area contributed by atoms with E-state index in [1.54, 1.807) is 118 Å². The van der Waals surface area contributed by atoms with Gasteiger partial charge in [-0.25, -0.2) is 28.1 Å². The van der Waals surface area contributed by atoms with E-state index in [1.807, 2.05) is 48.5 Å². The number of aliphatic hydroxyl groups is 1. The lowest BCUT2D eigenvalue weighted by Gasteiger charge is -2.36. The van der Waals surface area contributed by atoms with E-state index in [9.17, 15) is 52.2 Å². The summed E-state index contributed by atoms with van der Waals surface area (Å²) < 4.78 is 43.8. The zero-order valence-corrected chi connectivity index (χ0v) is 59.7. The largest absolute Gasteiger partial charge is 0.447 e. The number of likely N-dealkylation sites (N-methyl/N-ethyl adjacent to an activating group) is 2. The normalized spacial score (nSPS) is 13.4. The number of halogens is 4. The molecule has 0 saturated carbocycles. The number of hydrogen-bond acceptors (Lipinski definition) is 14. The van der Waals surface area contributed by atoms with E-state index in [2.05, 4.69) is 25.3 Å². The number of nitrogens with zero attached hydrogens (tertiary/aromatic N) is 11. The molecule has 8 amide bonds. The Morgan fingerprint density at radius 3 is 1.45 bits per heavy atom. The van der Waals surface area contributed by atoms with Gasteiger partial charge in [0.15, 0.2) is 0 Å². The fourth-order valence-corrected chi connectivity index (χ4v) is 10.5. The molecule has 2 aliphatic rings. The highest BCUT2D eigenvalue weighted by atomic mass is 35.5. The van der Waals surface area contributed by atoms with Gasteiger partial charge in [0, 0.05) is 120 Å². The first kappa shape index (κ1) is 81.9. The van der Waals surface area contributed by atoms with Crippen molar-refractivity contribution in [2.75, 3.05) is 85.0 Å². The predicted octanol–water partition coefficient (Wildman–Crippen LogP) is 11.9. The average molecular weight is 1440 g/mol. The minimum absolute atomic E-state index is 0. The van der Waals surface area contributed by atoms with Crippen LogP contribution in [0.3, 0.4) is 0 Å². The molecule has 2 aromatic heterocycles. The summed E-state index contributed by atoms with van der Waals surface area (Å²) >= 11 is 12.0. The number of hydrogen-bond donors (Lipinski definition) is 2. The van der Waals surface area contributed by atoms with Gasteiger partial charge in [0.05, 0.1) is 28.7 Å². The number of anilines is 1. The van der Waals surface area contributed by atoms with Crippen molar-refractivity contribution >= 4 is 125 Å². The number of carbonyl (C=O) groups is 8. The number of ether oxygens (including phenoxy) is 3. The number of azide groups is 1. The lowest BCUT2D eigenvalue weighted by Crippen LogP contribution is -2.51. The van der Waals surface area contributed by atoms with Crippen LogP contribution in [0.1, 0.15) is 102 Å². The maximum Gasteiger partial charge on any atom is 0.412 e. The van der Waals surface area contributed by atoms with E-state index in [0.717, 1.165) is 21.5 Å². The number of pyridine rings is 2. The van der Waals surface area contributed by atoms with Crippen molar-refractivity contribution in [3.8, 4) is 0 Å². The fourth-order valence-electron chi connectivity index (χ4n) is 10.1. The summed E-state index contributed by atoms with van der Waals surface area (Å²) in [7, 11) is 3.16. The number of aliphatic hydroxyl groups excluding tert-OH is 1. The Morgan fingerprint density at radius 2 is 1.01 bits per heavy atom. The van der Waals surface area contributed by atoms with Gasteiger partial charge in [-0.2, -0.15) is 27.0 Å². The molecule has 0 unspecified atom stereocenters. The maximum absolute atomic E-state index is 13.9. The SMILES string of the molecule is CN(C(=O)CCc1cccc(F)c1Cl)[C@@H](CCC(=O)N1CCN(C(=O)OC(C)(C)C)CC1)COC(=O)Nc1cc2ccccc2cn1.CN(C(=O)CCc1cccc(F)c1Cl)[C@H](CO)CCC(=O)N1CCN(C(=O)OC(C)(C)C)CC1.S.S.[N-]=[N+]=NC(=O)c1cc2ccccc2cn1. The second-order valence-electron chi connectivity index (χ2n) is 24.8. The molecule has 4 aromatic carbocycles. The summed E-state index contributed by atoms with van der Waals surface area (Å²) in [6, 6.07) is 26.2. The third-order valence-corrected chi connectivity index (χ3v) is 16.4. The number of amides is 8. The van der Waals surface area contributed by atoms with Gasteiger partial charge in [0.2, 0.25) is 23.6 Å². The van der Waals surface area contributed by atoms with E-state index >= 15 is 0 Å². The van der Waals surface area contributed by atoms with E-state index in [0.29, 0.717) is 75.7 Å². The van der Waals surface area contributed by atoms with E-state index in [1.165, 1.54) is 28.0 Å². The number of piperazine rings is 2. The third kappa shape index (κ3) is 25.7. The number of fused-ring (bicyclic) bond motifs is 2. The smallest absolute Gasteiger partial charge is 0.412 e. The van der Waals surface area contributed by atoms with Crippen LogP contribution in [0.15, 0.2) is 115 Å². The molecule has 2 atom stereocenters. The molecule has 2 fully saturated rings. The fraction of sp³-hybridized carbons (Fsp3) is 0.441. The zero-order chi connectivity index (χ0) is 70.3. The molecule has 2 N–H and O–H groups in total. The Kier molecular flexibility index (Phi) is 32.7. The predicted molar refractivity (Wildman–Crippen MR) is 380 cm³/mol. The van der Waals surface area contributed by atoms with Crippen molar-refractivity contribution in [3.63, 3.8) is 0 Å². The monoisotopic (exact) mass is 1430 g/mol. The average Bonchev–Trinajstić information content (AvgIpc) is 0.856. The molecule has 0 aliphatic carbocycles. The minimum Gasteiger partial charge on any atom is -0.447 e. The lowest BCUT2D eigenvalue weighted by molar-refractivity contribution is -0.136. The van der Waals surface area contributed by atoms with Gasteiger partial charge in [-0.1, -0.05) is 96.0 Å². The Hall–Kier alpha value is -8.53. The summed E-state index contributed by atoms with van der Waals surface area (Å²) in [5.74, 6) is -2.18. The Balaban J connectivity index is 0.000000347. The van der Waals surface area contributed by atoms with Crippen LogP contribution in [0, 0.1) is 11.6 Å². The Labute approximate surface area is 592 Å². The van der Waals surface area contributed by atoms with Crippen LogP contribution in [-0.2, 0) is 46.2 Å². The second kappa shape index (κ2) is 39.2. The standard InChI is InChI=1S/C34H41ClFN5O6.C24H35ClFN3O5.C10H6N4O.2H2S/c1-34(2,3)47-33(45)41-18-16-40(17-19-41)30(43)15-13-26(39(4)29(42)14-12-23-10-7-11-27(36)31(23)35)22-46-32(44)38-28-20-24-8-5-6-9-25(24)21-37-28;1-24(2,3)34-23(33)29-14-12-28(13-15-29)21(32)11-9-18(16-30)27(4)20(31)10-8-17-6-5-7-19(26)22(17)25;11-14-13-10(15)9-5-7-3-1-2-4-8(7)6-12-9;;/h5-11,20-21,26H,12-19,22H2,1-4H3,(H,37,38,44);5-7,18,30H,8-16H2,1-4H3;1-6H;2*1H2/t26-;18-;;;/m00.../s1. The van der Waals surface area contributed by atoms with Crippen LogP contribution in [0.25, 0.3) is 32.0 Å². The molecule has 24 nitrogen and oxygen atoms in total. The molecule has 6 aromatic rings. The van der Waals surface area contributed by atoms with Gasteiger partial charge in [0.1, 0.15) is 41.0 Å². The topological polar surface area (TPSA) is 290 Å². The van der Waals surface area contributed by atoms with Gasteiger partial charge in [0.25, 0.3) is 5.91 Å². The number of rotatable bonds is 19. The highest BCUT2D eigenvalue weighted by Crippen LogP contribution is 2.25. The molecule has 0 bridgehead atoms. The first-order valence-corrected chi connectivity index (χ1v) is 32.0. The summed E-state index contributed by atoms with van der Waals surface area (Å²) in [5.41, 5.74) is 8.14. The van der Waals surface area contributed by atoms with Crippen LogP contribution in [-0.4, -0.2) is 195 Å². The summed E-state index contributed by atoms with van der Waals surface area (Å²) in [6.07, 6.45) is 3.07. The van der Waals surface area contributed by atoms with Crippen molar-refractivity contribution in [1.29, 1.82) is 0 Å². The number of aryl methyl sites for hydroxylation is 2. The van der Waals surface area contributed by atoms with Gasteiger partial charge >= 0.3 is 18.3 Å². The van der Waals surface area contributed by atoms with E-state index < -0.39 is 53.0 Å². The number of carbonyl (C=O) groups excluding carboxylic acids is 8. The molecule has 2 saturated heterocycles. The van der Waals surface area contributed by atoms with E-state index in [-0.39, 0.29) is 131 Å². The molecule has 0 spiro atoms. The Bertz CT molecular complexity index is 3770. The molecule has 8 rings (SSSR count). The molecular weight excluding hydrogens is 1350 g/mol. The summed E-state index contributed by atoms with van der Waals surface area (Å²) in [6.45, 7) is 13.4. The maximum atomic E-state index is 13.9. The van der Waals surface area contributed by atoms with Crippen LogP contribution in [0.2, 0.25) is 10.0 Å². The quantitative estimate of drug-likeness (QED) is 0.0330. The molecule has 0 radical (unpaired) electrons. The first-order valence-electron chi connectivity index (χ1n) is 31.3. The van der Waals surface area contributed by atoms with Gasteiger partial charge in [-0.15, -0.1) is 0 Å². The van der Waals surface area contributed by atoms with Crippen molar-refractivity contribution in [2.24, 2.45) is 5.11 Å². The van der Waals surface area contributed by atoms with Gasteiger partial charge in [-0.3, -0.25) is 34.3 Å². The van der Waals surface area contributed by atoms with Crippen molar-refractivity contribution in [1.82, 2.24) is 39.4 Å². The van der Waals surface area contributed by atoms with Crippen LogP contribution >= 0.6 is 50.2 Å². The van der Waals surface area contributed by atoms with Gasteiger partial charge in [-0.05, 0) is 124 Å². The molecule has 4 heterocycles. The number of aromatic nitrogens is 2. The molecule has 30 heteroatoms. The van der Waals surface area contributed by atoms with Crippen LogP contribution in [0.4, 0.5) is 29.0 Å². The first-order chi connectivity index (χ1) is 45.5. The highest BCUT2D eigenvalue weighted by Gasteiger charge is 2.32. The second-order valence-corrected chi connectivity index (χ2v) is 25.5. The summed E-state index contributed by atoms with van der Waals surface area (Å²) in [4.78, 5) is 120. The number of benzene rings is 4. The number of nitrogens with one attached hydrogen (secondary N) is 1. The van der Waals surface area contributed by atoms with Crippen LogP contribution < -0.4 is 5.32 Å². The third-order valence-electron chi connectivity index (χ3n) is 15.6. The molecule has 530 valence electrons. The molecule has 98 heavy (non-hydrogen) atoms. The summed E-state index contributed by atoms with van der Waals surface area (Å²) in [5, 5.41) is 19.0. The lowest BCUT2D eigenvalue weighted by atomic mass is 10.1. The molecular formula is C68H86Cl2F2N12O12S2. The van der Waals surface area contributed by atoms with Crippen LogP contribution in [0.5, 0.6) is 0 Å².